The van der Waals surface area contributed by atoms with E-state index in [1.54, 1.807) is 4.90 Å². The van der Waals surface area contributed by atoms with Gasteiger partial charge in [-0.25, -0.2) is 0 Å². The molecular weight excluding hydrogens is 238 g/mol. The number of hydrogen-bond donors (Lipinski definition) is 0. The van der Waals surface area contributed by atoms with E-state index in [-0.39, 0.29) is 12.0 Å². The summed E-state index contributed by atoms with van der Waals surface area (Å²) in [7, 11) is 0. The summed E-state index contributed by atoms with van der Waals surface area (Å²) in [4.78, 5) is 14.0. The van der Waals surface area contributed by atoms with Gasteiger partial charge < -0.3 is 23.8 Å². The molecule has 0 saturated carbocycles. The van der Waals surface area contributed by atoms with Gasteiger partial charge >= 0.3 is 0 Å². The molecule has 102 valence electrons. The smallest absolute Gasteiger partial charge is 0.252 e. The van der Waals surface area contributed by atoms with Crippen LogP contribution in [0.1, 0.15) is 20.3 Å². The van der Waals surface area contributed by atoms with Crippen LogP contribution in [-0.4, -0.2) is 61.4 Å². The first-order valence-electron chi connectivity index (χ1n) is 6.43. The van der Waals surface area contributed by atoms with Crippen LogP contribution in [0.5, 0.6) is 0 Å². The lowest BCUT2D eigenvalue weighted by Gasteiger charge is -2.29. The molecule has 0 bridgehead atoms. The summed E-state index contributed by atoms with van der Waals surface area (Å²) >= 11 is 0. The van der Waals surface area contributed by atoms with Crippen molar-refractivity contribution >= 4 is 5.91 Å². The summed E-state index contributed by atoms with van der Waals surface area (Å²) in [6.07, 6.45) is -0.399. The molecule has 0 aliphatic carbocycles. The summed E-state index contributed by atoms with van der Waals surface area (Å²) in [5, 5.41) is 0. The van der Waals surface area contributed by atoms with E-state index in [2.05, 4.69) is 0 Å². The first-order valence-corrected chi connectivity index (χ1v) is 6.43. The third kappa shape index (κ3) is 2.25. The number of rotatable bonds is 1. The monoisotopic (exact) mass is 257 g/mol. The fourth-order valence-electron chi connectivity index (χ4n) is 2.65. The van der Waals surface area contributed by atoms with Crippen LogP contribution >= 0.6 is 0 Å². The van der Waals surface area contributed by atoms with Gasteiger partial charge in [-0.15, -0.1) is 0 Å². The van der Waals surface area contributed by atoms with E-state index in [1.165, 1.54) is 0 Å². The Bertz CT molecular complexity index is 323. The molecule has 3 aliphatic rings. The second-order valence-electron chi connectivity index (χ2n) is 5.34. The molecule has 3 aliphatic heterocycles. The number of hydrogen-bond acceptors (Lipinski definition) is 5. The van der Waals surface area contributed by atoms with E-state index >= 15 is 0 Å². The second kappa shape index (κ2) is 4.45. The fourth-order valence-corrected chi connectivity index (χ4v) is 2.65. The molecule has 0 aromatic carbocycles. The van der Waals surface area contributed by atoms with Gasteiger partial charge in [0, 0.05) is 19.5 Å². The van der Waals surface area contributed by atoms with Crippen molar-refractivity contribution < 1.29 is 23.7 Å². The highest BCUT2D eigenvalue weighted by molar-refractivity contribution is 5.81. The van der Waals surface area contributed by atoms with E-state index < -0.39 is 18.2 Å². The number of amides is 1. The highest BCUT2D eigenvalue weighted by Gasteiger charge is 2.50. The van der Waals surface area contributed by atoms with Crippen molar-refractivity contribution in [2.45, 2.75) is 44.6 Å². The van der Waals surface area contributed by atoms with Crippen molar-refractivity contribution in [2.24, 2.45) is 0 Å². The number of nitrogens with zero attached hydrogens (tertiary/aromatic N) is 1. The van der Waals surface area contributed by atoms with Gasteiger partial charge in [0.1, 0.15) is 12.2 Å². The normalized spacial score (nSPS) is 38.8. The van der Waals surface area contributed by atoms with Crippen molar-refractivity contribution in [2.75, 3.05) is 26.3 Å². The Morgan fingerprint density at radius 1 is 1.22 bits per heavy atom. The highest BCUT2D eigenvalue weighted by atomic mass is 16.8. The minimum Gasteiger partial charge on any atom is -0.378 e. The van der Waals surface area contributed by atoms with Gasteiger partial charge in [0.15, 0.2) is 12.1 Å². The molecule has 3 heterocycles. The van der Waals surface area contributed by atoms with Crippen molar-refractivity contribution in [3.8, 4) is 0 Å². The summed E-state index contributed by atoms with van der Waals surface area (Å²) < 4.78 is 22.2. The van der Waals surface area contributed by atoms with Crippen LogP contribution in [0, 0.1) is 0 Å². The van der Waals surface area contributed by atoms with Crippen molar-refractivity contribution in [3.63, 3.8) is 0 Å². The highest BCUT2D eigenvalue weighted by Crippen LogP contribution is 2.37. The van der Waals surface area contributed by atoms with E-state index in [0.717, 1.165) is 0 Å². The molecule has 2 unspecified atom stereocenters. The predicted molar refractivity (Wildman–Crippen MR) is 60.7 cm³/mol. The maximum atomic E-state index is 12.2. The van der Waals surface area contributed by atoms with Crippen molar-refractivity contribution in [1.82, 2.24) is 4.90 Å². The molecule has 0 aromatic rings. The van der Waals surface area contributed by atoms with Gasteiger partial charge in [0.05, 0.1) is 13.2 Å². The van der Waals surface area contributed by atoms with E-state index in [9.17, 15) is 4.79 Å². The Morgan fingerprint density at radius 2 is 1.94 bits per heavy atom. The van der Waals surface area contributed by atoms with Crippen LogP contribution < -0.4 is 0 Å². The van der Waals surface area contributed by atoms with Gasteiger partial charge in [0.2, 0.25) is 0 Å². The standard InChI is InChI=1S/C12H19NO5/c1-12(2)17-9-7-8(16-11(9)18-12)10(14)13-3-5-15-6-4-13/h8-9,11H,3-7H2,1-2H3/t8-,9?,11?/m1/s1. The van der Waals surface area contributed by atoms with E-state index in [1.807, 2.05) is 13.8 Å². The molecule has 0 spiro atoms. The first kappa shape index (κ1) is 12.3. The predicted octanol–water partition coefficient (Wildman–Crippen LogP) is 0.112. The minimum atomic E-state index is -0.609. The van der Waals surface area contributed by atoms with Crippen LogP contribution in [0.25, 0.3) is 0 Å². The third-order valence-electron chi connectivity index (χ3n) is 3.48. The molecular formula is C12H19NO5. The molecule has 6 heteroatoms. The molecule has 3 atom stereocenters. The number of ether oxygens (including phenoxy) is 4. The molecule has 3 fully saturated rings. The quantitative estimate of drug-likeness (QED) is 0.667. The fraction of sp³-hybridized carbons (Fsp3) is 0.917. The average Bonchev–Trinajstić information content (AvgIpc) is 2.82. The number of carbonyl (C=O) groups is 1. The largest absolute Gasteiger partial charge is 0.378 e. The van der Waals surface area contributed by atoms with Gasteiger partial charge in [-0.2, -0.15) is 0 Å². The zero-order valence-electron chi connectivity index (χ0n) is 10.8. The minimum absolute atomic E-state index is 0.0257. The zero-order chi connectivity index (χ0) is 12.8. The molecule has 6 nitrogen and oxygen atoms in total. The topological polar surface area (TPSA) is 57.2 Å². The van der Waals surface area contributed by atoms with Crippen LogP contribution in [0.4, 0.5) is 0 Å². The van der Waals surface area contributed by atoms with Gasteiger partial charge in [0.25, 0.3) is 5.91 Å². The molecule has 0 N–H and O–H groups in total. The van der Waals surface area contributed by atoms with E-state index in [4.69, 9.17) is 18.9 Å². The summed E-state index contributed by atoms with van der Waals surface area (Å²) in [6, 6.07) is 0. The summed E-state index contributed by atoms with van der Waals surface area (Å²) in [5.41, 5.74) is 0. The zero-order valence-corrected chi connectivity index (χ0v) is 10.8. The average molecular weight is 257 g/mol. The lowest BCUT2D eigenvalue weighted by molar-refractivity contribution is -0.208. The molecule has 3 rings (SSSR count). The number of carbonyl (C=O) groups excluding carboxylic acids is 1. The molecule has 3 saturated heterocycles. The molecule has 1 amide bonds. The Morgan fingerprint density at radius 3 is 2.61 bits per heavy atom. The van der Waals surface area contributed by atoms with Crippen LogP contribution in [0.15, 0.2) is 0 Å². The first-order chi connectivity index (χ1) is 8.55. The van der Waals surface area contributed by atoms with Crippen LogP contribution in [-0.2, 0) is 23.7 Å². The lowest BCUT2D eigenvalue weighted by atomic mass is 10.2. The molecule has 0 radical (unpaired) electrons. The second-order valence-corrected chi connectivity index (χ2v) is 5.34. The maximum absolute atomic E-state index is 12.2. The Hall–Kier alpha value is -0.690. The summed E-state index contributed by atoms with van der Waals surface area (Å²) in [5.74, 6) is -0.583. The Balaban J connectivity index is 1.58. The van der Waals surface area contributed by atoms with Crippen LogP contribution in [0.3, 0.4) is 0 Å². The number of morpholine rings is 1. The SMILES string of the molecule is CC1(C)OC2C[C@H](C(=O)N3CCOCC3)OC2O1. The summed E-state index contributed by atoms with van der Waals surface area (Å²) in [6.45, 7) is 6.19. The Kier molecular flexibility index (Phi) is 3.05. The van der Waals surface area contributed by atoms with Gasteiger partial charge in [-0.3, -0.25) is 4.79 Å². The molecule has 18 heavy (non-hydrogen) atoms. The third-order valence-corrected chi connectivity index (χ3v) is 3.48. The van der Waals surface area contributed by atoms with Gasteiger partial charge in [-0.05, 0) is 13.8 Å². The lowest BCUT2D eigenvalue weighted by Crippen LogP contribution is -2.46. The van der Waals surface area contributed by atoms with E-state index in [0.29, 0.717) is 32.7 Å². The maximum Gasteiger partial charge on any atom is 0.252 e. The van der Waals surface area contributed by atoms with Crippen LogP contribution in [0.2, 0.25) is 0 Å². The Labute approximate surface area is 106 Å². The van der Waals surface area contributed by atoms with Crippen molar-refractivity contribution in [3.05, 3.63) is 0 Å². The molecule has 0 aromatic heterocycles. The number of fused-ring (bicyclic) bond motifs is 1. The van der Waals surface area contributed by atoms with Crippen molar-refractivity contribution in [1.29, 1.82) is 0 Å². The van der Waals surface area contributed by atoms with Gasteiger partial charge in [-0.1, -0.05) is 0 Å².